The summed E-state index contributed by atoms with van der Waals surface area (Å²) in [7, 11) is 0. The van der Waals surface area contributed by atoms with Gasteiger partial charge in [-0.1, -0.05) is 0 Å². The zero-order chi connectivity index (χ0) is 8.27. The zero-order valence-corrected chi connectivity index (χ0v) is 7.34. The molecule has 0 amide bonds. The number of rotatable bonds is 2. The van der Waals surface area contributed by atoms with Crippen LogP contribution in [0.1, 0.15) is 18.2 Å². The predicted octanol–water partition coefficient (Wildman–Crippen LogP) is 1.96. The summed E-state index contributed by atoms with van der Waals surface area (Å²) in [4.78, 5) is 0. The second-order valence-electron chi connectivity index (χ2n) is 2.11. The molecule has 0 aliphatic carbocycles. The van der Waals surface area contributed by atoms with E-state index in [-0.39, 0.29) is 12.5 Å². The minimum Gasteiger partial charge on any atom is -0.453 e. The highest BCUT2D eigenvalue weighted by Crippen LogP contribution is 2.20. The van der Waals surface area contributed by atoms with E-state index in [0.717, 1.165) is 0 Å². The van der Waals surface area contributed by atoms with Gasteiger partial charge in [0.1, 0.15) is 5.76 Å². The summed E-state index contributed by atoms with van der Waals surface area (Å²) in [5.41, 5.74) is 5.58. The third kappa shape index (κ3) is 2.07. The maximum absolute atomic E-state index is 8.32. The van der Waals surface area contributed by atoms with Crippen LogP contribution in [-0.4, -0.2) is 0 Å². The summed E-state index contributed by atoms with van der Waals surface area (Å²) in [5, 5.41) is 8.32. The molecule has 3 nitrogen and oxygen atoms in total. The molecule has 1 heterocycles. The van der Waals surface area contributed by atoms with E-state index in [9.17, 15) is 0 Å². The van der Waals surface area contributed by atoms with Crippen molar-refractivity contribution in [3.05, 3.63) is 22.6 Å². The van der Waals surface area contributed by atoms with E-state index in [4.69, 9.17) is 15.4 Å². The fraction of sp³-hybridized carbons (Fsp3) is 0.286. The first kappa shape index (κ1) is 8.31. The van der Waals surface area contributed by atoms with Crippen LogP contribution in [-0.2, 0) is 0 Å². The van der Waals surface area contributed by atoms with E-state index in [1.165, 1.54) is 0 Å². The van der Waals surface area contributed by atoms with Gasteiger partial charge in [0, 0.05) is 0 Å². The molecule has 0 saturated carbocycles. The Morgan fingerprint density at radius 1 is 1.73 bits per heavy atom. The van der Waals surface area contributed by atoms with Gasteiger partial charge in [0.25, 0.3) is 0 Å². The smallest absolute Gasteiger partial charge is 0.169 e. The molecule has 58 valence electrons. The first-order valence-corrected chi connectivity index (χ1v) is 3.91. The molecule has 0 spiro atoms. The molecular formula is C7H7BrN2O. The second kappa shape index (κ2) is 3.56. The van der Waals surface area contributed by atoms with Crippen molar-refractivity contribution in [3.8, 4) is 6.07 Å². The van der Waals surface area contributed by atoms with Crippen LogP contribution in [0.2, 0.25) is 0 Å². The van der Waals surface area contributed by atoms with E-state index < -0.39 is 0 Å². The summed E-state index contributed by atoms with van der Waals surface area (Å²) in [6, 6.07) is 5.17. The Bertz CT molecular complexity index is 276. The highest BCUT2D eigenvalue weighted by molar-refractivity contribution is 9.10. The van der Waals surface area contributed by atoms with E-state index in [2.05, 4.69) is 15.9 Å². The number of halogens is 1. The molecule has 0 aliphatic rings. The van der Waals surface area contributed by atoms with Crippen molar-refractivity contribution < 1.29 is 4.42 Å². The zero-order valence-electron chi connectivity index (χ0n) is 5.75. The average molecular weight is 215 g/mol. The fourth-order valence-electron chi connectivity index (χ4n) is 0.727. The molecule has 0 radical (unpaired) electrons. The molecule has 1 aromatic rings. The van der Waals surface area contributed by atoms with Gasteiger partial charge in [-0.25, -0.2) is 0 Å². The summed E-state index contributed by atoms with van der Waals surface area (Å²) in [5.74, 6) is 0.637. The first-order chi connectivity index (χ1) is 5.24. The van der Waals surface area contributed by atoms with Gasteiger partial charge >= 0.3 is 0 Å². The Balaban J connectivity index is 2.70. The van der Waals surface area contributed by atoms with E-state index in [0.29, 0.717) is 10.4 Å². The van der Waals surface area contributed by atoms with Gasteiger partial charge in [-0.15, -0.1) is 0 Å². The predicted molar refractivity (Wildman–Crippen MR) is 43.6 cm³/mol. The van der Waals surface area contributed by atoms with E-state index in [1.807, 2.05) is 6.07 Å². The topological polar surface area (TPSA) is 63.0 Å². The molecular weight excluding hydrogens is 208 g/mol. The van der Waals surface area contributed by atoms with Crippen molar-refractivity contribution >= 4 is 15.9 Å². The minimum absolute atomic E-state index is 0.278. The number of nitrogens with two attached hydrogens (primary N) is 1. The summed E-state index contributed by atoms with van der Waals surface area (Å²) >= 11 is 3.15. The molecule has 0 bridgehead atoms. The molecule has 1 rings (SSSR count). The van der Waals surface area contributed by atoms with Gasteiger partial charge in [-0.05, 0) is 28.1 Å². The summed E-state index contributed by atoms with van der Waals surface area (Å²) in [6.07, 6.45) is 0.278. The molecule has 1 atom stereocenters. The maximum atomic E-state index is 8.32. The summed E-state index contributed by atoms with van der Waals surface area (Å²) in [6.45, 7) is 0. The van der Waals surface area contributed by atoms with Crippen LogP contribution in [0.15, 0.2) is 21.2 Å². The largest absolute Gasteiger partial charge is 0.453 e. The maximum Gasteiger partial charge on any atom is 0.169 e. The average Bonchev–Trinajstić information content (AvgIpc) is 2.36. The third-order valence-corrected chi connectivity index (χ3v) is 1.70. The first-order valence-electron chi connectivity index (χ1n) is 3.12. The lowest BCUT2D eigenvalue weighted by atomic mass is 10.2. The Labute approximate surface area is 72.9 Å². The number of hydrogen-bond donors (Lipinski definition) is 1. The lowest BCUT2D eigenvalue weighted by molar-refractivity contribution is 0.452. The lowest BCUT2D eigenvalue weighted by Gasteiger charge is -2.00. The van der Waals surface area contributed by atoms with Crippen LogP contribution in [0.3, 0.4) is 0 Å². The molecule has 0 fully saturated rings. The third-order valence-electron chi connectivity index (χ3n) is 1.27. The van der Waals surface area contributed by atoms with Crippen molar-refractivity contribution in [1.82, 2.24) is 0 Å². The van der Waals surface area contributed by atoms with E-state index >= 15 is 0 Å². The number of hydrogen-bond acceptors (Lipinski definition) is 3. The minimum atomic E-state index is -0.314. The molecule has 11 heavy (non-hydrogen) atoms. The fourth-order valence-corrected chi connectivity index (χ4v) is 1.05. The van der Waals surface area contributed by atoms with Gasteiger partial charge in [0.05, 0.1) is 18.5 Å². The highest BCUT2D eigenvalue weighted by atomic mass is 79.9. The summed E-state index contributed by atoms with van der Waals surface area (Å²) < 4.78 is 5.78. The second-order valence-corrected chi connectivity index (χ2v) is 2.89. The quantitative estimate of drug-likeness (QED) is 0.819. The van der Waals surface area contributed by atoms with Crippen LogP contribution < -0.4 is 5.73 Å². The number of furan rings is 1. The van der Waals surface area contributed by atoms with Crippen molar-refractivity contribution in [2.75, 3.05) is 0 Å². The van der Waals surface area contributed by atoms with Gasteiger partial charge in [-0.2, -0.15) is 5.26 Å². The van der Waals surface area contributed by atoms with Gasteiger partial charge < -0.3 is 10.2 Å². The van der Waals surface area contributed by atoms with Crippen LogP contribution in [0.25, 0.3) is 0 Å². The Morgan fingerprint density at radius 2 is 2.45 bits per heavy atom. The SMILES string of the molecule is N#CC[C@@H](N)c1ccc(Br)o1. The highest BCUT2D eigenvalue weighted by Gasteiger charge is 2.08. The molecule has 2 N–H and O–H groups in total. The lowest BCUT2D eigenvalue weighted by Crippen LogP contribution is -2.07. The Kier molecular flexibility index (Phi) is 2.69. The van der Waals surface area contributed by atoms with E-state index in [1.54, 1.807) is 12.1 Å². The van der Waals surface area contributed by atoms with Crippen LogP contribution >= 0.6 is 15.9 Å². The monoisotopic (exact) mass is 214 g/mol. The number of nitrogens with zero attached hydrogens (tertiary/aromatic N) is 1. The molecule has 4 heteroatoms. The Morgan fingerprint density at radius 3 is 2.91 bits per heavy atom. The van der Waals surface area contributed by atoms with Gasteiger partial charge in [-0.3, -0.25) is 0 Å². The van der Waals surface area contributed by atoms with Crippen molar-refractivity contribution in [2.24, 2.45) is 5.73 Å². The number of nitriles is 1. The molecule has 0 aromatic carbocycles. The van der Waals surface area contributed by atoms with Crippen LogP contribution in [0.4, 0.5) is 0 Å². The van der Waals surface area contributed by atoms with Crippen molar-refractivity contribution in [3.63, 3.8) is 0 Å². The van der Waals surface area contributed by atoms with Gasteiger partial charge in [0.2, 0.25) is 0 Å². The molecule has 0 aliphatic heterocycles. The molecule has 0 unspecified atom stereocenters. The Hall–Kier alpha value is -0.790. The van der Waals surface area contributed by atoms with Crippen molar-refractivity contribution in [1.29, 1.82) is 5.26 Å². The molecule has 0 saturated heterocycles. The standard InChI is InChI=1S/C7H7BrN2O/c8-7-2-1-6(11-7)5(10)3-4-9/h1-2,5H,3,10H2/t5-/m1/s1. The van der Waals surface area contributed by atoms with Crippen LogP contribution in [0.5, 0.6) is 0 Å². The normalized spacial score (nSPS) is 12.5. The molecule has 1 aromatic heterocycles. The van der Waals surface area contributed by atoms with Crippen molar-refractivity contribution in [2.45, 2.75) is 12.5 Å². The van der Waals surface area contributed by atoms with Gasteiger partial charge in [0.15, 0.2) is 4.67 Å². The van der Waals surface area contributed by atoms with Crippen LogP contribution in [0, 0.1) is 11.3 Å².